The number of hydrogen-bond acceptors (Lipinski definition) is 0. The van der Waals surface area contributed by atoms with E-state index in [0.29, 0.717) is 0 Å². The van der Waals surface area contributed by atoms with E-state index >= 15 is 0 Å². The van der Waals surface area contributed by atoms with Crippen molar-refractivity contribution in [1.82, 2.24) is 0 Å². The van der Waals surface area contributed by atoms with Crippen LogP contribution in [0, 0.1) is 0 Å². The summed E-state index contributed by atoms with van der Waals surface area (Å²) in [5.74, 6) is 0. The van der Waals surface area contributed by atoms with Crippen LogP contribution in [-0.2, 0) is 36.5 Å². The Kier molecular flexibility index (Phi) is 158. The van der Waals surface area contributed by atoms with Gasteiger partial charge in [0.2, 0.25) is 0 Å². The van der Waals surface area contributed by atoms with Crippen LogP contribution in [0.4, 0.5) is 0 Å². The quantitative estimate of drug-likeness (QED) is 0.410. The van der Waals surface area contributed by atoms with E-state index in [1.54, 1.807) is 0 Å². The summed E-state index contributed by atoms with van der Waals surface area (Å²) in [6.45, 7) is 0. The average molecular weight is 362 g/mol. The van der Waals surface area contributed by atoms with Crippen LogP contribution in [0.2, 0.25) is 0 Å². The maximum atomic E-state index is 0. The van der Waals surface area contributed by atoms with Crippen LogP contribution in [0.25, 0.3) is 0 Å². The van der Waals surface area contributed by atoms with E-state index in [1.165, 1.54) is 0 Å². The topological polar surface area (TPSA) is 0 Å². The maximum absolute atomic E-state index is 0. The number of hydrogen-bond donors (Lipinski definition) is 0. The summed E-state index contributed by atoms with van der Waals surface area (Å²) in [6, 6.07) is 0. The van der Waals surface area contributed by atoms with E-state index in [1.807, 2.05) is 0 Å². The second-order valence-electron chi connectivity index (χ2n) is 0. The summed E-state index contributed by atoms with van der Waals surface area (Å²) in [5.41, 5.74) is 0. The summed E-state index contributed by atoms with van der Waals surface area (Å²) < 4.78 is 0. The molecule has 0 heterocycles. The Hall–Kier alpha value is 4.60. The van der Waals surface area contributed by atoms with E-state index < -0.39 is 0 Å². The van der Waals surface area contributed by atoms with Crippen molar-refractivity contribution >= 4 is 112 Å². The summed E-state index contributed by atoms with van der Waals surface area (Å²) in [4.78, 5) is 0. The molecule has 0 amide bonds. The standard InChI is InChI=1S/Cs.Cu.Ga.Mg.Zn.6H. The summed E-state index contributed by atoms with van der Waals surface area (Å²) in [5, 5.41) is 0. The zero-order valence-electron chi connectivity index (χ0n) is 1.01. The third kappa shape index (κ3) is 17.7. The third-order valence-electron chi connectivity index (χ3n) is 0. The van der Waals surface area contributed by atoms with Crippen molar-refractivity contribution in [3.8, 4) is 0 Å². The van der Waals surface area contributed by atoms with Crippen LogP contribution >= 0.6 is 0 Å². The van der Waals surface area contributed by atoms with Gasteiger partial charge in [-0.25, -0.2) is 0 Å². The smallest absolute Gasteiger partial charge is 0 e. The van der Waals surface area contributed by atoms with Crippen LogP contribution in [0.1, 0.15) is 0 Å². The Morgan fingerprint density at radius 3 is 1.00 bits per heavy atom. The van der Waals surface area contributed by atoms with Gasteiger partial charge in [0.25, 0.3) is 0 Å². The van der Waals surface area contributed by atoms with Gasteiger partial charge < -0.3 is 0 Å². The van der Waals surface area contributed by atoms with Crippen molar-refractivity contribution in [2.45, 2.75) is 0 Å². The summed E-state index contributed by atoms with van der Waals surface area (Å²) in [7, 11) is 0. The van der Waals surface area contributed by atoms with Gasteiger partial charge in [0.15, 0.2) is 0 Å². The third-order valence-corrected chi connectivity index (χ3v) is 0. The minimum absolute atomic E-state index is 0. The van der Waals surface area contributed by atoms with Crippen molar-refractivity contribution in [1.29, 1.82) is 0 Å². The van der Waals surface area contributed by atoms with E-state index in [2.05, 4.69) is 0 Å². The van der Waals surface area contributed by atoms with E-state index in [0.717, 1.165) is 0 Å². The van der Waals surface area contributed by atoms with Crippen molar-refractivity contribution in [3.05, 3.63) is 0 Å². The first kappa shape index (κ1) is 33.6. The normalized spacial score (nSPS) is 0. The summed E-state index contributed by atoms with van der Waals surface area (Å²) >= 11 is 0. The molecule has 0 rings (SSSR count). The molecule has 0 unspecified atom stereocenters. The van der Waals surface area contributed by atoms with E-state index in [-0.39, 0.29) is 148 Å². The van der Waals surface area contributed by atoms with E-state index in [4.69, 9.17) is 0 Å². The molecule has 0 aliphatic heterocycles. The maximum Gasteiger partial charge on any atom is 0.316 e. The molecule has 0 aromatic carbocycles. The molecule has 0 bridgehead atoms. The second-order valence-corrected chi connectivity index (χ2v) is 0. The van der Waals surface area contributed by atoms with Crippen molar-refractivity contribution in [3.63, 3.8) is 0 Å². The molecule has 0 aliphatic carbocycles. The molecule has 0 N–H and O–H groups in total. The largest absolute Gasteiger partial charge is 0.316 e. The molecule has 0 aromatic heterocycles. The zero-order valence-corrected chi connectivity index (χ0v) is 4.92. The fraction of sp³-hybridized carbons (Fsp3) is 0. The van der Waals surface area contributed by atoms with Gasteiger partial charge >= 0.3 is 112 Å². The molecule has 0 aliphatic rings. The molecule has 0 aromatic rings. The van der Waals surface area contributed by atoms with Crippen LogP contribution in [0.15, 0.2) is 0 Å². The Morgan fingerprint density at radius 1 is 1.00 bits per heavy atom. The van der Waals surface area contributed by atoms with Gasteiger partial charge in [-0.1, -0.05) is 0 Å². The molecule has 0 nitrogen and oxygen atoms in total. The van der Waals surface area contributed by atoms with Crippen LogP contribution in [0.5, 0.6) is 0 Å². The van der Waals surface area contributed by atoms with Crippen molar-refractivity contribution in [2.75, 3.05) is 0 Å². The molecule has 0 fully saturated rings. The predicted molar refractivity (Wildman–Crippen MR) is 25.6 cm³/mol. The first-order chi connectivity index (χ1) is 0. The molecule has 0 saturated carbocycles. The minimum Gasteiger partial charge on any atom is 0 e. The van der Waals surface area contributed by atoms with Crippen LogP contribution in [-0.4, -0.2) is 112 Å². The fourth-order valence-corrected chi connectivity index (χ4v) is 0. The number of rotatable bonds is 0. The molecule has 25 valence electrons. The molecular formula is H6CsCuGaMgZn. The Balaban J connectivity index is 0. The van der Waals surface area contributed by atoms with Gasteiger partial charge in [0, 0.05) is 36.5 Å². The first-order valence-corrected chi connectivity index (χ1v) is 0. The summed E-state index contributed by atoms with van der Waals surface area (Å²) in [6.07, 6.45) is 0. The first-order valence-electron chi connectivity index (χ1n) is 0. The fourth-order valence-electron chi connectivity index (χ4n) is 0. The van der Waals surface area contributed by atoms with Gasteiger partial charge in [-0.05, 0) is 0 Å². The van der Waals surface area contributed by atoms with Gasteiger partial charge in [-0.2, -0.15) is 0 Å². The van der Waals surface area contributed by atoms with Gasteiger partial charge in [0.1, 0.15) is 0 Å². The van der Waals surface area contributed by atoms with Gasteiger partial charge in [0.05, 0.1) is 0 Å². The van der Waals surface area contributed by atoms with Crippen molar-refractivity contribution < 1.29 is 36.5 Å². The molecular weight excluding hydrogens is 356 g/mol. The Morgan fingerprint density at radius 2 is 1.00 bits per heavy atom. The zero-order chi connectivity index (χ0) is 0. The molecule has 5 heteroatoms. The van der Waals surface area contributed by atoms with Crippen LogP contribution < -0.4 is 0 Å². The monoisotopic (exact) mass is 359 g/mol. The second kappa shape index (κ2) is 23.5. The van der Waals surface area contributed by atoms with Gasteiger partial charge in [-0.3, -0.25) is 0 Å². The Bertz CT molecular complexity index is 11.6. The predicted octanol–water partition coefficient (Wildman–Crippen LogP) is -2.75. The molecule has 0 spiro atoms. The average Bonchev–Trinajstić information content (AvgIpc) is 0. The van der Waals surface area contributed by atoms with E-state index in [9.17, 15) is 0 Å². The van der Waals surface area contributed by atoms with Crippen molar-refractivity contribution in [2.24, 2.45) is 0 Å². The molecule has 0 atom stereocenters. The van der Waals surface area contributed by atoms with Crippen LogP contribution in [0.3, 0.4) is 0 Å². The molecule has 5 heavy (non-hydrogen) atoms. The van der Waals surface area contributed by atoms with Gasteiger partial charge in [-0.15, -0.1) is 0 Å². The minimum atomic E-state index is 0. The SMILES string of the molecule is [CsH].[Cu].[GaH3].[MgH2].[Zn]. The Labute approximate surface area is 144 Å². The molecule has 0 saturated heterocycles. The molecule has 1 radical (unpaired) electrons.